The molecule has 1 aliphatic rings. The van der Waals surface area contributed by atoms with E-state index in [0.29, 0.717) is 0 Å². The second-order valence-corrected chi connectivity index (χ2v) is 2.78. The summed E-state index contributed by atoms with van der Waals surface area (Å²) in [5, 5.41) is 0. The Bertz CT molecular complexity index is 140. The van der Waals surface area contributed by atoms with E-state index < -0.39 is 0 Å². The molecule has 9 heavy (non-hydrogen) atoms. The van der Waals surface area contributed by atoms with Crippen molar-refractivity contribution in [3.8, 4) is 0 Å². The quantitative estimate of drug-likeness (QED) is 0.514. The van der Waals surface area contributed by atoms with E-state index in [0.717, 1.165) is 12.4 Å². The molecule has 3 heteroatoms. The molecule has 0 bridgehead atoms. The average Bonchev–Trinajstić information content (AvgIpc) is 1.79. The molecule has 0 radical (unpaired) electrons. The third-order valence-electron chi connectivity index (χ3n) is 1.04. The summed E-state index contributed by atoms with van der Waals surface area (Å²) in [5.41, 5.74) is 1.25. The Kier molecular flexibility index (Phi) is 2.80. The van der Waals surface area contributed by atoms with Crippen LogP contribution in [0.5, 0.6) is 0 Å². The van der Waals surface area contributed by atoms with Gasteiger partial charge in [0.05, 0.1) is 6.67 Å². The SMILES string of the molecule is CC1=C/CSNC\N=C\1. The highest BCUT2D eigenvalue weighted by atomic mass is 32.2. The summed E-state index contributed by atoms with van der Waals surface area (Å²) < 4.78 is 3.08. The molecule has 50 valence electrons. The number of aliphatic imine (C=N–C) groups is 1. The molecule has 0 aromatic carbocycles. The summed E-state index contributed by atoms with van der Waals surface area (Å²) in [6.45, 7) is 2.80. The molecule has 0 saturated carbocycles. The summed E-state index contributed by atoms with van der Waals surface area (Å²) in [6, 6.07) is 0. The van der Waals surface area contributed by atoms with Crippen molar-refractivity contribution in [2.45, 2.75) is 6.92 Å². The maximum Gasteiger partial charge on any atom is 0.0973 e. The lowest BCUT2D eigenvalue weighted by atomic mass is 10.3. The van der Waals surface area contributed by atoms with Gasteiger partial charge in [0.15, 0.2) is 0 Å². The van der Waals surface area contributed by atoms with E-state index in [1.54, 1.807) is 11.9 Å². The smallest absolute Gasteiger partial charge is 0.0973 e. The van der Waals surface area contributed by atoms with Crippen LogP contribution >= 0.6 is 11.9 Å². The average molecular weight is 142 g/mol. The van der Waals surface area contributed by atoms with Crippen molar-refractivity contribution in [3.63, 3.8) is 0 Å². The van der Waals surface area contributed by atoms with E-state index >= 15 is 0 Å². The van der Waals surface area contributed by atoms with Crippen LogP contribution in [0.15, 0.2) is 16.6 Å². The first-order chi connectivity index (χ1) is 4.39. The van der Waals surface area contributed by atoms with E-state index in [2.05, 4.69) is 22.7 Å². The Labute approximate surface area is 59.6 Å². The number of rotatable bonds is 0. The Balaban J connectivity index is 2.49. The molecular formula is C6H10N2S. The van der Waals surface area contributed by atoms with E-state index in [1.165, 1.54) is 5.57 Å². The van der Waals surface area contributed by atoms with Crippen LogP contribution in [0.2, 0.25) is 0 Å². The fourth-order valence-electron chi connectivity index (χ4n) is 0.557. The molecule has 0 aliphatic carbocycles. The Morgan fingerprint density at radius 3 is 3.56 bits per heavy atom. The van der Waals surface area contributed by atoms with Gasteiger partial charge in [0.25, 0.3) is 0 Å². The zero-order valence-corrected chi connectivity index (χ0v) is 6.24. The minimum absolute atomic E-state index is 0.732. The lowest BCUT2D eigenvalue weighted by Crippen LogP contribution is -2.05. The van der Waals surface area contributed by atoms with Crippen molar-refractivity contribution in [2.24, 2.45) is 4.99 Å². The molecule has 0 aromatic heterocycles. The standard InChI is InChI=1S/C6H10N2S/c1-6-2-3-9-8-5-7-4-6/h2,4,8H,3,5H2,1H3/b6-2-,7-4+. The molecule has 0 spiro atoms. The first kappa shape index (κ1) is 6.83. The van der Waals surface area contributed by atoms with Gasteiger partial charge in [-0.1, -0.05) is 18.0 Å². The number of hydrogen-bond donors (Lipinski definition) is 1. The highest BCUT2D eigenvalue weighted by Crippen LogP contribution is 1.99. The second-order valence-electron chi connectivity index (χ2n) is 1.87. The number of nitrogens with one attached hydrogen (secondary N) is 1. The predicted molar refractivity (Wildman–Crippen MR) is 42.7 cm³/mol. The van der Waals surface area contributed by atoms with Crippen molar-refractivity contribution >= 4 is 18.2 Å². The largest absolute Gasteiger partial charge is 0.277 e. The molecule has 0 amide bonds. The summed E-state index contributed by atoms with van der Waals surface area (Å²) in [7, 11) is 0. The highest BCUT2D eigenvalue weighted by molar-refractivity contribution is 7.97. The fourth-order valence-corrected chi connectivity index (χ4v) is 1.19. The van der Waals surface area contributed by atoms with E-state index in [4.69, 9.17) is 0 Å². The van der Waals surface area contributed by atoms with Crippen molar-refractivity contribution in [1.82, 2.24) is 4.72 Å². The Hall–Kier alpha value is -0.280. The van der Waals surface area contributed by atoms with Gasteiger partial charge in [-0.15, -0.1) is 0 Å². The van der Waals surface area contributed by atoms with Crippen LogP contribution in [0.1, 0.15) is 6.92 Å². The van der Waals surface area contributed by atoms with Gasteiger partial charge >= 0.3 is 0 Å². The lowest BCUT2D eigenvalue weighted by molar-refractivity contribution is 0.988. The van der Waals surface area contributed by atoms with Crippen LogP contribution in [0, 0.1) is 0 Å². The molecule has 2 nitrogen and oxygen atoms in total. The monoisotopic (exact) mass is 142 g/mol. The van der Waals surface area contributed by atoms with E-state index in [9.17, 15) is 0 Å². The van der Waals surface area contributed by atoms with Gasteiger partial charge in [0, 0.05) is 12.0 Å². The van der Waals surface area contributed by atoms with Crippen molar-refractivity contribution in [2.75, 3.05) is 12.4 Å². The van der Waals surface area contributed by atoms with Crippen LogP contribution in [0.4, 0.5) is 0 Å². The minimum atomic E-state index is 0.732. The highest BCUT2D eigenvalue weighted by Gasteiger charge is 1.88. The first-order valence-electron chi connectivity index (χ1n) is 2.91. The van der Waals surface area contributed by atoms with Crippen LogP contribution < -0.4 is 4.72 Å². The van der Waals surface area contributed by atoms with E-state index in [1.807, 2.05) is 6.21 Å². The number of allylic oxidation sites excluding steroid dienone is 1. The third-order valence-corrected chi connectivity index (χ3v) is 1.71. The molecule has 1 heterocycles. The molecule has 0 atom stereocenters. The minimum Gasteiger partial charge on any atom is -0.277 e. The fraction of sp³-hybridized carbons (Fsp3) is 0.500. The van der Waals surface area contributed by atoms with Crippen LogP contribution in [0.3, 0.4) is 0 Å². The van der Waals surface area contributed by atoms with Gasteiger partial charge in [-0.25, -0.2) is 4.72 Å². The van der Waals surface area contributed by atoms with Crippen LogP contribution in [-0.2, 0) is 0 Å². The maximum absolute atomic E-state index is 4.09. The van der Waals surface area contributed by atoms with Gasteiger partial charge in [0.2, 0.25) is 0 Å². The number of nitrogens with zero attached hydrogens (tertiary/aromatic N) is 1. The lowest BCUT2D eigenvalue weighted by Gasteiger charge is -2.00. The Morgan fingerprint density at radius 2 is 2.67 bits per heavy atom. The molecular weight excluding hydrogens is 132 g/mol. The van der Waals surface area contributed by atoms with Crippen LogP contribution in [0.25, 0.3) is 0 Å². The first-order valence-corrected chi connectivity index (χ1v) is 3.89. The Morgan fingerprint density at radius 1 is 1.78 bits per heavy atom. The van der Waals surface area contributed by atoms with Gasteiger partial charge in [0.1, 0.15) is 0 Å². The number of hydrogen-bond acceptors (Lipinski definition) is 3. The topological polar surface area (TPSA) is 24.4 Å². The van der Waals surface area contributed by atoms with Crippen LogP contribution in [-0.4, -0.2) is 18.6 Å². The molecule has 0 aromatic rings. The van der Waals surface area contributed by atoms with Crippen molar-refractivity contribution in [3.05, 3.63) is 11.6 Å². The zero-order valence-electron chi connectivity index (χ0n) is 5.42. The summed E-state index contributed by atoms with van der Waals surface area (Å²) in [5.74, 6) is 1.04. The molecule has 1 aliphatic heterocycles. The van der Waals surface area contributed by atoms with Gasteiger partial charge < -0.3 is 0 Å². The summed E-state index contributed by atoms with van der Waals surface area (Å²) in [4.78, 5) is 4.09. The van der Waals surface area contributed by atoms with Crippen molar-refractivity contribution < 1.29 is 0 Å². The van der Waals surface area contributed by atoms with Gasteiger partial charge in [-0.2, -0.15) is 0 Å². The van der Waals surface area contributed by atoms with Gasteiger partial charge in [-0.05, 0) is 12.5 Å². The van der Waals surface area contributed by atoms with E-state index in [-0.39, 0.29) is 0 Å². The third kappa shape index (κ3) is 2.67. The van der Waals surface area contributed by atoms with Gasteiger partial charge in [-0.3, -0.25) is 4.99 Å². The zero-order chi connectivity index (χ0) is 6.53. The summed E-state index contributed by atoms with van der Waals surface area (Å²) in [6.07, 6.45) is 4.05. The molecule has 1 rings (SSSR count). The normalized spacial score (nSPS) is 29.7. The molecule has 0 saturated heterocycles. The summed E-state index contributed by atoms with van der Waals surface area (Å²) >= 11 is 1.69. The van der Waals surface area contributed by atoms with Crippen molar-refractivity contribution in [1.29, 1.82) is 0 Å². The molecule has 0 unspecified atom stereocenters. The predicted octanol–water partition coefficient (Wildman–Crippen LogP) is 1.21. The maximum atomic E-state index is 4.09. The molecule has 1 N–H and O–H groups in total. The second kappa shape index (κ2) is 3.69. The molecule has 0 fully saturated rings.